The second-order valence-electron chi connectivity index (χ2n) is 6.20. The molecule has 0 fully saturated rings. The highest BCUT2D eigenvalue weighted by Gasteiger charge is 2.11. The highest BCUT2D eigenvalue weighted by molar-refractivity contribution is 5.84. The lowest BCUT2D eigenvalue weighted by molar-refractivity contribution is 0.194. The molecule has 0 saturated heterocycles. The van der Waals surface area contributed by atoms with Crippen molar-refractivity contribution in [3.05, 3.63) is 53.7 Å². The average molecular weight is 341 g/mol. The van der Waals surface area contributed by atoms with Gasteiger partial charge in [-0.15, -0.1) is 0 Å². The van der Waals surface area contributed by atoms with Crippen molar-refractivity contribution in [1.82, 2.24) is 19.4 Å². The van der Waals surface area contributed by atoms with Gasteiger partial charge in [0.15, 0.2) is 0 Å². The van der Waals surface area contributed by atoms with Crippen molar-refractivity contribution in [3.8, 4) is 0 Å². The molecular formula is C18H23N5O2. The van der Waals surface area contributed by atoms with Gasteiger partial charge in [-0.3, -0.25) is 0 Å². The molecule has 25 heavy (non-hydrogen) atoms. The molecule has 4 N–H and O–H groups in total. The summed E-state index contributed by atoms with van der Waals surface area (Å²) in [6.07, 6.45) is 6.53. The van der Waals surface area contributed by atoms with Crippen LogP contribution in [0.15, 0.2) is 36.9 Å². The summed E-state index contributed by atoms with van der Waals surface area (Å²) in [7, 11) is 1.96. The van der Waals surface area contributed by atoms with Crippen LogP contribution in [-0.4, -0.2) is 31.9 Å². The van der Waals surface area contributed by atoms with Crippen LogP contribution in [0.2, 0.25) is 0 Å². The first kappa shape index (κ1) is 17.0. The number of carbonyl (C=O) groups is 1. The first-order valence-corrected chi connectivity index (χ1v) is 8.31. The van der Waals surface area contributed by atoms with E-state index in [0.29, 0.717) is 19.6 Å². The third kappa shape index (κ3) is 4.00. The van der Waals surface area contributed by atoms with Crippen molar-refractivity contribution in [1.29, 1.82) is 0 Å². The lowest BCUT2D eigenvalue weighted by atomic mass is 10.1. The maximum atomic E-state index is 10.6. The SMILES string of the molecule is Cn1cnc(Cn2cc(CCCNC(=O)O)c3ccc(CN)cc32)c1. The van der Waals surface area contributed by atoms with Gasteiger partial charge in [0.1, 0.15) is 0 Å². The molecule has 2 aromatic heterocycles. The van der Waals surface area contributed by atoms with E-state index in [-0.39, 0.29) is 0 Å². The minimum Gasteiger partial charge on any atom is -0.465 e. The second kappa shape index (κ2) is 7.40. The fourth-order valence-electron chi connectivity index (χ4n) is 3.07. The Morgan fingerprint density at radius 2 is 2.20 bits per heavy atom. The summed E-state index contributed by atoms with van der Waals surface area (Å²) in [5.41, 5.74) is 10.2. The van der Waals surface area contributed by atoms with Crippen molar-refractivity contribution in [2.24, 2.45) is 12.8 Å². The number of nitrogens with one attached hydrogen (secondary N) is 1. The van der Waals surface area contributed by atoms with Crippen LogP contribution in [0.3, 0.4) is 0 Å². The van der Waals surface area contributed by atoms with Gasteiger partial charge >= 0.3 is 6.09 Å². The van der Waals surface area contributed by atoms with Crippen molar-refractivity contribution in [3.63, 3.8) is 0 Å². The highest BCUT2D eigenvalue weighted by atomic mass is 16.4. The van der Waals surface area contributed by atoms with E-state index in [1.54, 1.807) is 6.33 Å². The fraction of sp³-hybridized carbons (Fsp3) is 0.333. The normalized spacial score (nSPS) is 11.1. The molecule has 0 unspecified atom stereocenters. The van der Waals surface area contributed by atoms with Gasteiger partial charge in [-0.25, -0.2) is 9.78 Å². The molecule has 0 aliphatic rings. The number of aromatic nitrogens is 3. The van der Waals surface area contributed by atoms with Crippen LogP contribution >= 0.6 is 0 Å². The zero-order chi connectivity index (χ0) is 17.8. The highest BCUT2D eigenvalue weighted by Crippen LogP contribution is 2.25. The molecule has 2 heterocycles. The molecule has 0 bridgehead atoms. The third-order valence-electron chi connectivity index (χ3n) is 4.25. The summed E-state index contributed by atoms with van der Waals surface area (Å²) in [4.78, 5) is 15.0. The number of fused-ring (bicyclic) bond motifs is 1. The molecule has 3 rings (SSSR count). The zero-order valence-corrected chi connectivity index (χ0v) is 14.3. The van der Waals surface area contributed by atoms with Crippen LogP contribution in [0.4, 0.5) is 4.79 Å². The monoisotopic (exact) mass is 341 g/mol. The quantitative estimate of drug-likeness (QED) is 0.573. The van der Waals surface area contributed by atoms with E-state index in [1.807, 2.05) is 23.9 Å². The Bertz CT molecular complexity index is 881. The first-order chi connectivity index (χ1) is 12.1. The Labute approximate surface area is 146 Å². The van der Waals surface area contributed by atoms with Gasteiger partial charge in [0.25, 0.3) is 0 Å². The third-order valence-corrected chi connectivity index (χ3v) is 4.25. The van der Waals surface area contributed by atoms with E-state index < -0.39 is 6.09 Å². The van der Waals surface area contributed by atoms with Gasteiger partial charge in [-0.05, 0) is 30.0 Å². The van der Waals surface area contributed by atoms with E-state index in [1.165, 1.54) is 10.9 Å². The maximum Gasteiger partial charge on any atom is 0.404 e. The van der Waals surface area contributed by atoms with Crippen molar-refractivity contribution >= 4 is 17.0 Å². The van der Waals surface area contributed by atoms with Crippen molar-refractivity contribution in [2.75, 3.05) is 6.54 Å². The number of nitrogens with two attached hydrogens (primary N) is 1. The summed E-state index contributed by atoms with van der Waals surface area (Å²) in [5, 5.41) is 12.3. The number of imidazole rings is 1. The van der Waals surface area contributed by atoms with E-state index in [0.717, 1.165) is 29.6 Å². The number of hydrogen-bond acceptors (Lipinski definition) is 3. The number of nitrogens with zero attached hydrogens (tertiary/aromatic N) is 3. The minimum absolute atomic E-state index is 0.448. The van der Waals surface area contributed by atoms with Gasteiger partial charge in [0.05, 0.1) is 18.6 Å². The lowest BCUT2D eigenvalue weighted by Crippen LogP contribution is -2.22. The van der Waals surface area contributed by atoms with E-state index in [9.17, 15) is 4.79 Å². The number of hydrogen-bond donors (Lipinski definition) is 3. The van der Waals surface area contributed by atoms with Gasteiger partial charge < -0.3 is 25.3 Å². The molecule has 1 amide bonds. The zero-order valence-electron chi connectivity index (χ0n) is 14.3. The summed E-state index contributed by atoms with van der Waals surface area (Å²) in [6.45, 7) is 1.64. The summed E-state index contributed by atoms with van der Waals surface area (Å²) in [6, 6.07) is 6.27. The van der Waals surface area contributed by atoms with Crippen LogP contribution in [0.5, 0.6) is 0 Å². The van der Waals surface area contributed by atoms with Crippen molar-refractivity contribution < 1.29 is 9.90 Å². The standard InChI is InChI=1S/C18H23N5O2/c1-22-10-15(21-12-22)11-23-9-14(3-2-6-20-18(24)25)16-5-4-13(8-19)7-17(16)23/h4-5,7,9-10,12,20H,2-3,6,8,11,19H2,1H3,(H,24,25). The average Bonchev–Trinajstić information content (AvgIpc) is 3.15. The van der Waals surface area contributed by atoms with E-state index in [2.05, 4.69) is 33.2 Å². The topological polar surface area (TPSA) is 98.1 Å². The molecule has 0 aliphatic heterocycles. The lowest BCUT2D eigenvalue weighted by Gasteiger charge is -2.04. The predicted molar refractivity (Wildman–Crippen MR) is 96.5 cm³/mol. The van der Waals surface area contributed by atoms with Crippen molar-refractivity contribution in [2.45, 2.75) is 25.9 Å². The van der Waals surface area contributed by atoms with Crippen LogP contribution in [0.25, 0.3) is 10.9 Å². The predicted octanol–water partition coefficient (Wildman–Crippen LogP) is 2.08. The molecule has 7 nitrogen and oxygen atoms in total. The van der Waals surface area contributed by atoms with Crippen LogP contribution in [-0.2, 0) is 26.6 Å². The maximum absolute atomic E-state index is 10.6. The Kier molecular flexibility index (Phi) is 5.04. The molecule has 0 spiro atoms. The number of carboxylic acid groups (broad SMARTS) is 1. The second-order valence-corrected chi connectivity index (χ2v) is 6.20. The number of aryl methyl sites for hydroxylation is 2. The van der Waals surface area contributed by atoms with Gasteiger partial charge in [-0.2, -0.15) is 0 Å². The molecule has 1 aromatic carbocycles. The Morgan fingerprint density at radius 1 is 1.36 bits per heavy atom. The molecule has 132 valence electrons. The smallest absolute Gasteiger partial charge is 0.404 e. The summed E-state index contributed by atoms with van der Waals surface area (Å²) >= 11 is 0. The summed E-state index contributed by atoms with van der Waals surface area (Å²) < 4.78 is 4.13. The minimum atomic E-state index is -0.981. The number of benzene rings is 1. The van der Waals surface area contributed by atoms with Gasteiger partial charge in [0.2, 0.25) is 0 Å². The molecular weight excluding hydrogens is 318 g/mol. The Hall–Kier alpha value is -2.80. The molecule has 3 aromatic rings. The van der Waals surface area contributed by atoms with Crippen LogP contribution in [0, 0.1) is 0 Å². The molecule has 0 saturated carbocycles. The van der Waals surface area contributed by atoms with E-state index in [4.69, 9.17) is 10.8 Å². The molecule has 0 radical (unpaired) electrons. The molecule has 7 heteroatoms. The molecule has 0 atom stereocenters. The number of amides is 1. The van der Waals surface area contributed by atoms with E-state index >= 15 is 0 Å². The number of rotatable bonds is 7. The molecule has 0 aliphatic carbocycles. The Balaban J connectivity index is 1.87. The fourth-order valence-corrected chi connectivity index (χ4v) is 3.07. The largest absolute Gasteiger partial charge is 0.465 e. The van der Waals surface area contributed by atoms with Gasteiger partial charge in [0, 0.05) is 43.4 Å². The first-order valence-electron chi connectivity index (χ1n) is 8.31. The van der Waals surface area contributed by atoms with Crippen LogP contribution < -0.4 is 11.1 Å². The van der Waals surface area contributed by atoms with Crippen LogP contribution in [0.1, 0.15) is 23.2 Å². The summed E-state index contributed by atoms with van der Waals surface area (Å²) in [5.74, 6) is 0. The Morgan fingerprint density at radius 3 is 2.88 bits per heavy atom. The van der Waals surface area contributed by atoms with Gasteiger partial charge in [-0.1, -0.05) is 12.1 Å².